The highest BCUT2D eigenvalue weighted by molar-refractivity contribution is 5.97. The monoisotopic (exact) mass is 384 g/mol. The van der Waals surface area contributed by atoms with E-state index < -0.39 is 18.1 Å². The van der Waals surface area contributed by atoms with Crippen molar-refractivity contribution in [3.05, 3.63) is 65.7 Å². The molecule has 2 aromatic carbocycles. The molecule has 0 aliphatic heterocycles. The Balaban J connectivity index is 1.93. The molecule has 2 amide bonds. The molecule has 0 radical (unpaired) electrons. The molecule has 7 nitrogen and oxygen atoms in total. The van der Waals surface area contributed by atoms with Crippen LogP contribution in [0.3, 0.4) is 0 Å². The molecular weight excluding hydrogens is 360 g/mol. The second-order valence-electron chi connectivity index (χ2n) is 6.49. The molecule has 0 bridgehead atoms. The number of carbonyl (C=O) groups is 3. The van der Waals surface area contributed by atoms with Gasteiger partial charge in [-0.15, -0.1) is 0 Å². The zero-order valence-corrected chi connectivity index (χ0v) is 16.1. The van der Waals surface area contributed by atoms with Gasteiger partial charge in [-0.1, -0.05) is 44.2 Å². The van der Waals surface area contributed by atoms with Crippen LogP contribution in [-0.4, -0.2) is 31.1 Å². The number of ether oxygens (including phenoxy) is 2. The van der Waals surface area contributed by atoms with Gasteiger partial charge in [-0.3, -0.25) is 4.79 Å². The average Bonchev–Trinajstić information content (AvgIpc) is 2.70. The predicted molar refractivity (Wildman–Crippen MR) is 105 cm³/mol. The van der Waals surface area contributed by atoms with Gasteiger partial charge in [0.05, 0.1) is 12.7 Å². The summed E-state index contributed by atoms with van der Waals surface area (Å²) in [6.45, 7) is 3.76. The SMILES string of the molecule is COC(=O)c1ccc(NC(=O)[C@@H](NC(=O)OCc2ccccc2)C(C)C)cc1. The van der Waals surface area contributed by atoms with E-state index in [4.69, 9.17) is 4.74 Å². The number of alkyl carbamates (subject to hydrolysis) is 1. The van der Waals surface area contributed by atoms with E-state index in [2.05, 4.69) is 15.4 Å². The summed E-state index contributed by atoms with van der Waals surface area (Å²) in [5.74, 6) is -0.989. The minimum Gasteiger partial charge on any atom is -0.465 e. The number of hydrogen-bond acceptors (Lipinski definition) is 5. The van der Waals surface area contributed by atoms with Gasteiger partial charge in [0.2, 0.25) is 5.91 Å². The van der Waals surface area contributed by atoms with Crippen molar-refractivity contribution in [3.8, 4) is 0 Å². The Labute approximate surface area is 164 Å². The number of anilines is 1. The van der Waals surface area contributed by atoms with Crippen LogP contribution in [0, 0.1) is 5.92 Å². The molecule has 1 atom stereocenters. The van der Waals surface area contributed by atoms with Gasteiger partial charge < -0.3 is 20.1 Å². The van der Waals surface area contributed by atoms with Crippen LogP contribution in [-0.2, 0) is 20.9 Å². The fraction of sp³-hybridized carbons (Fsp3) is 0.286. The second kappa shape index (κ2) is 10.1. The first kappa shape index (κ1) is 21.0. The van der Waals surface area contributed by atoms with Gasteiger partial charge in [0.15, 0.2) is 0 Å². The topological polar surface area (TPSA) is 93.7 Å². The number of methoxy groups -OCH3 is 1. The van der Waals surface area contributed by atoms with E-state index in [0.717, 1.165) is 5.56 Å². The summed E-state index contributed by atoms with van der Waals surface area (Å²) in [5.41, 5.74) is 1.74. The Hall–Kier alpha value is -3.35. The Morgan fingerprint density at radius 2 is 1.61 bits per heavy atom. The van der Waals surface area contributed by atoms with Gasteiger partial charge >= 0.3 is 12.1 Å². The highest BCUT2D eigenvalue weighted by atomic mass is 16.5. The summed E-state index contributed by atoms with van der Waals surface area (Å²) in [6, 6.07) is 14.8. The fourth-order valence-corrected chi connectivity index (χ4v) is 2.45. The molecule has 2 N–H and O–H groups in total. The third kappa shape index (κ3) is 6.12. The van der Waals surface area contributed by atoms with Gasteiger partial charge in [-0.05, 0) is 35.7 Å². The largest absolute Gasteiger partial charge is 0.465 e. The Kier molecular flexibility index (Phi) is 7.56. The molecule has 28 heavy (non-hydrogen) atoms. The van der Waals surface area contributed by atoms with Gasteiger partial charge in [0.25, 0.3) is 0 Å². The molecule has 0 unspecified atom stereocenters. The van der Waals surface area contributed by atoms with Gasteiger partial charge in [-0.25, -0.2) is 9.59 Å². The summed E-state index contributed by atoms with van der Waals surface area (Å²) in [6.07, 6.45) is -0.668. The number of hydrogen-bond donors (Lipinski definition) is 2. The molecule has 0 saturated carbocycles. The van der Waals surface area contributed by atoms with Crippen molar-refractivity contribution in [1.29, 1.82) is 0 Å². The first-order valence-corrected chi connectivity index (χ1v) is 8.87. The smallest absolute Gasteiger partial charge is 0.408 e. The lowest BCUT2D eigenvalue weighted by Crippen LogP contribution is -2.47. The second-order valence-corrected chi connectivity index (χ2v) is 6.49. The summed E-state index contributed by atoms with van der Waals surface area (Å²) < 4.78 is 9.82. The minimum absolute atomic E-state index is 0.119. The standard InChI is InChI=1S/C21H24N2O5/c1-14(2)18(23-21(26)28-13-15-7-5-4-6-8-15)19(24)22-17-11-9-16(10-12-17)20(25)27-3/h4-12,14,18H,13H2,1-3H3,(H,22,24)(H,23,26)/t18-/m0/s1. The van der Waals surface area contributed by atoms with Crippen LogP contribution < -0.4 is 10.6 Å². The number of amides is 2. The number of rotatable bonds is 7. The van der Waals surface area contributed by atoms with E-state index in [9.17, 15) is 14.4 Å². The molecule has 0 spiro atoms. The van der Waals surface area contributed by atoms with Crippen LogP contribution in [0.2, 0.25) is 0 Å². The van der Waals surface area contributed by atoms with Crippen LogP contribution in [0.4, 0.5) is 10.5 Å². The first-order chi connectivity index (χ1) is 13.4. The maximum absolute atomic E-state index is 12.6. The van der Waals surface area contributed by atoms with Crippen molar-refractivity contribution in [1.82, 2.24) is 5.32 Å². The van der Waals surface area contributed by atoms with Crippen LogP contribution in [0.15, 0.2) is 54.6 Å². The van der Waals surface area contributed by atoms with Crippen molar-refractivity contribution in [3.63, 3.8) is 0 Å². The van der Waals surface area contributed by atoms with Crippen molar-refractivity contribution in [2.45, 2.75) is 26.5 Å². The van der Waals surface area contributed by atoms with E-state index in [1.807, 2.05) is 44.2 Å². The van der Waals surface area contributed by atoms with E-state index in [1.54, 1.807) is 24.3 Å². The third-order valence-electron chi connectivity index (χ3n) is 4.01. The Morgan fingerprint density at radius 3 is 2.18 bits per heavy atom. The van der Waals surface area contributed by atoms with Crippen molar-refractivity contribution < 1.29 is 23.9 Å². The lowest BCUT2D eigenvalue weighted by Gasteiger charge is -2.21. The van der Waals surface area contributed by atoms with E-state index in [0.29, 0.717) is 11.3 Å². The van der Waals surface area contributed by atoms with Gasteiger partial charge in [0, 0.05) is 5.69 Å². The number of benzene rings is 2. The zero-order valence-electron chi connectivity index (χ0n) is 16.1. The van der Waals surface area contributed by atoms with Crippen molar-refractivity contribution >= 4 is 23.7 Å². The predicted octanol–water partition coefficient (Wildman–Crippen LogP) is 3.36. The van der Waals surface area contributed by atoms with E-state index >= 15 is 0 Å². The number of carbonyl (C=O) groups excluding carboxylic acids is 3. The molecule has 0 aromatic heterocycles. The van der Waals surface area contributed by atoms with Crippen LogP contribution in [0.5, 0.6) is 0 Å². The van der Waals surface area contributed by atoms with E-state index in [-0.39, 0.29) is 18.4 Å². The normalized spacial score (nSPS) is 11.4. The van der Waals surface area contributed by atoms with Crippen LogP contribution >= 0.6 is 0 Å². The van der Waals surface area contributed by atoms with Gasteiger partial charge in [0.1, 0.15) is 12.6 Å². The quantitative estimate of drug-likeness (QED) is 0.714. The summed E-state index contributed by atoms with van der Waals surface area (Å²) in [5, 5.41) is 5.32. The van der Waals surface area contributed by atoms with E-state index in [1.165, 1.54) is 7.11 Å². The molecule has 0 heterocycles. The number of nitrogens with one attached hydrogen (secondary N) is 2. The lowest BCUT2D eigenvalue weighted by molar-refractivity contribution is -0.119. The number of esters is 1. The lowest BCUT2D eigenvalue weighted by atomic mass is 10.0. The van der Waals surface area contributed by atoms with Crippen molar-refractivity contribution in [2.75, 3.05) is 12.4 Å². The molecule has 148 valence electrons. The highest BCUT2D eigenvalue weighted by Gasteiger charge is 2.25. The maximum Gasteiger partial charge on any atom is 0.408 e. The highest BCUT2D eigenvalue weighted by Crippen LogP contribution is 2.13. The summed E-state index contributed by atoms with van der Waals surface area (Å²) >= 11 is 0. The molecular formula is C21H24N2O5. The Morgan fingerprint density at radius 1 is 0.964 bits per heavy atom. The molecule has 2 rings (SSSR count). The summed E-state index contributed by atoms with van der Waals surface area (Å²) in [7, 11) is 1.30. The first-order valence-electron chi connectivity index (χ1n) is 8.87. The molecule has 7 heteroatoms. The molecule has 0 aliphatic carbocycles. The molecule has 0 aliphatic rings. The third-order valence-corrected chi connectivity index (χ3v) is 4.01. The minimum atomic E-state index is -0.774. The molecule has 0 fully saturated rings. The van der Waals surface area contributed by atoms with Crippen LogP contribution in [0.1, 0.15) is 29.8 Å². The zero-order chi connectivity index (χ0) is 20.5. The van der Waals surface area contributed by atoms with Crippen LogP contribution in [0.25, 0.3) is 0 Å². The average molecular weight is 384 g/mol. The molecule has 0 saturated heterocycles. The maximum atomic E-state index is 12.6. The molecule has 2 aromatic rings. The van der Waals surface area contributed by atoms with Crippen molar-refractivity contribution in [2.24, 2.45) is 5.92 Å². The Bertz CT molecular complexity index is 803. The fourth-order valence-electron chi connectivity index (χ4n) is 2.45. The van der Waals surface area contributed by atoms with Gasteiger partial charge in [-0.2, -0.15) is 0 Å². The summed E-state index contributed by atoms with van der Waals surface area (Å²) in [4.78, 5) is 36.1.